The molecule has 0 fully saturated rings. The van der Waals surface area contributed by atoms with E-state index in [4.69, 9.17) is 10.3 Å². The molecule has 90 valence electrons. The Morgan fingerprint density at radius 1 is 1.29 bits per heavy atom. The first-order valence-corrected chi connectivity index (χ1v) is 5.50. The second kappa shape index (κ2) is 4.97. The van der Waals surface area contributed by atoms with E-state index in [9.17, 15) is 0 Å². The lowest BCUT2D eigenvalue weighted by Crippen LogP contribution is -2.13. The second-order valence-electron chi connectivity index (χ2n) is 4.03. The van der Waals surface area contributed by atoms with Crippen LogP contribution in [-0.4, -0.2) is 10.1 Å². The van der Waals surface area contributed by atoms with Crippen molar-refractivity contribution >= 4 is 5.69 Å². The first-order chi connectivity index (χ1) is 8.15. The van der Waals surface area contributed by atoms with Gasteiger partial charge >= 0.3 is 0 Å². The van der Waals surface area contributed by atoms with Gasteiger partial charge in [0.05, 0.1) is 6.54 Å². The molecule has 0 aliphatic rings. The number of nitrogen functional groups attached to an aromatic ring is 1. The van der Waals surface area contributed by atoms with Crippen LogP contribution in [0.1, 0.15) is 22.8 Å². The van der Waals surface area contributed by atoms with Crippen molar-refractivity contribution in [3.8, 4) is 0 Å². The summed E-state index contributed by atoms with van der Waals surface area (Å²) in [5.41, 5.74) is 8.86. The number of nitrogens with two attached hydrogens (primary N) is 1. The summed E-state index contributed by atoms with van der Waals surface area (Å²) in [7, 11) is 0. The zero-order chi connectivity index (χ0) is 12.3. The second-order valence-corrected chi connectivity index (χ2v) is 4.03. The van der Waals surface area contributed by atoms with Crippen LogP contribution < -0.4 is 11.1 Å². The molecule has 1 heterocycles. The molecule has 0 unspecified atom stereocenters. The summed E-state index contributed by atoms with van der Waals surface area (Å²) < 4.78 is 5.00. The van der Waals surface area contributed by atoms with Crippen LogP contribution in [0.4, 0.5) is 5.69 Å². The molecule has 0 bridgehead atoms. The van der Waals surface area contributed by atoms with Gasteiger partial charge in [-0.1, -0.05) is 17.3 Å². The fourth-order valence-electron chi connectivity index (χ4n) is 1.57. The van der Waals surface area contributed by atoms with Crippen molar-refractivity contribution in [2.75, 3.05) is 5.73 Å². The summed E-state index contributed by atoms with van der Waals surface area (Å²) in [4.78, 5) is 4.11. The maximum absolute atomic E-state index is 5.76. The van der Waals surface area contributed by atoms with Gasteiger partial charge in [-0.15, -0.1) is 0 Å². The van der Waals surface area contributed by atoms with Crippen molar-refractivity contribution in [1.82, 2.24) is 15.5 Å². The molecule has 1 aromatic carbocycles. The molecular formula is C12H16N4O. The van der Waals surface area contributed by atoms with Gasteiger partial charge in [0, 0.05) is 12.2 Å². The molecular weight excluding hydrogens is 216 g/mol. The molecule has 1 aromatic heterocycles. The lowest BCUT2D eigenvalue weighted by Gasteiger charge is -2.05. The van der Waals surface area contributed by atoms with Gasteiger partial charge < -0.3 is 15.6 Å². The van der Waals surface area contributed by atoms with Gasteiger partial charge in [0.25, 0.3) is 0 Å². The molecule has 0 atom stereocenters. The average Bonchev–Trinajstić information content (AvgIpc) is 2.70. The molecule has 5 heteroatoms. The Labute approximate surface area is 100 Å². The minimum absolute atomic E-state index is 0.574. The van der Waals surface area contributed by atoms with Crippen LogP contribution in [0.2, 0.25) is 0 Å². The van der Waals surface area contributed by atoms with E-state index in [2.05, 4.69) is 21.5 Å². The molecule has 0 saturated heterocycles. The van der Waals surface area contributed by atoms with E-state index in [0.29, 0.717) is 18.3 Å². The number of rotatable bonds is 4. The molecule has 0 aliphatic carbocycles. The van der Waals surface area contributed by atoms with Crippen molar-refractivity contribution in [2.24, 2.45) is 0 Å². The standard InChI is InChI=1S/C12H16N4O/c1-8-5-10(3-4-11(8)13)6-14-7-12-15-9(2)16-17-12/h3-5,14H,6-7,13H2,1-2H3. The van der Waals surface area contributed by atoms with Crippen molar-refractivity contribution in [3.63, 3.8) is 0 Å². The number of nitrogens with one attached hydrogen (secondary N) is 1. The van der Waals surface area contributed by atoms with Crippen LogP contribution in [0.25, 0.3) is 0 Å². The number of hydrogen-bond donors (Lipinski definition) is 2. The molecule has 3 N–H and O–H groups in total. The van der Waals surface area contributed by atoms with Crippen LogP contribution in [-0.2, 0) is 13.1 Å². The highest BCUT2D eigenvalue weighted by atomic mass is 16.5. The van der Waals surface area contributed by atoms with Crippen LogP contribution in [0.5, 0.6) is 0 Å². The number of nitrogens with zero attached hydrogens (tertiary/aromatic N) is 2. The van der Waals surface area contributed by atoms with E-state index < -0.39 is 0 Å². The molecule has 0 saturated carbocycles. The van der Waals surface area contributed by atoms with Gasteiger partial charge in [0.15, 0.2) is 5.82 Å². The largest absolute Gasteiger partial charge is 0.399 e. The summed E-state index contributed by atoms with van der Waals surface area (Å²) in [6.45, 7) is 5.13. The van der Waals surface area contributed by atoms with Crippen LogP contribution in [0.15, 0.2) is 22.7 Å². The van der Waals surface area contributed by atoms with E-state index in [0.717, 1.165) is 17.8 Å². The first-order valence-electron chi connectivity index (χ1n) is 5.50. The fourth-order valence-corrected chi connectivity index (χ4v) is 1.57. The number of aryl methyl sites for hydroxylation is 2. The van der Waals surface area contributed by atoms with E-state index in [1.807, 2.05) is 19.1 Å². The Morgan fingerprint density at radius 3 is 2.76 bits per heavy atom. The summed E-state index contributed by atoms with van der Waals surface area (Å²) in [6, 6.07) is 6.00. The van der Waals surface area contributed by atoms with E-state index in [1.165, 1.54) is 5.56 Å². The Kier molecular flexibility index (Phi) is 3.39. The minimum atomic E-state index is 0.574. The lowest BCUT2D eigenvalue weighted by molar-refractivity contribution is 0.364. The van der Waals surface area contributed by atoms with Gasteiger partial charge in [-0.25, -0.2) is 0 Å². The van der Waals surface area contributed by atoms with Gasteiger partial charge in [-0.3, -0.25) is 0 Å². The highest BCUT2D eigenvalue weighted by Gasteiger charge is 2.02. The third-order valence-corrected chi connectivity index (χ3v) is 2.51. The smallest absolute Gasteiger partial charge is 0.240 e. The molecule has 0 aliphatic heterocycles. The van der Waals surface area contributed by atoms with Crippen molar-refractivity contribution < 1.29 is 4.52 Å². The summed E-state index contributed by atoms with van der Waals surface area (Å²) in [6.07, 6.45) is 0. The molecule has 0 spiro atoms. The predicted octanol–water partition coefficient (Wildman–Crippen LogP) is 1.56. The van der Waals surface area contributed by atoms with Crippen molar-refractivity contribution in [2.45, 2.75) is 26.9 Å². The zero-order valence-corrected chi connectivity index (χ0v) is 10.0. The molecule has 17 heavy (non-hydrogen) atoms. The third kappa shape index (κ3) is 3.04. The monoisotopic (exact) mass is 232 g/mol. The fraction of sp³-hybridized carbons (Fsp3) is 0.333. The summed E-state index contributed by atoms with van der Waals surface area (Å²) in [5, 5.41) is 6.97. The maximum Gasteiger partial charge on any atom is 0.240 e. The number of hydrogen-bond acceptors (Lipinski definition) is 5. The normalized spacial score (nSPS) is 10.7. The van der Waals surface area contributed by atoms with E-state index >= 15 is 0 Å². The van der Waals surface area contributed by atoms with Crippen LogP contribution in [0.3, 0.4) is 0 Å². The third-order valence-electron chi connectivity index (χ3n) is 2.51. The van der Waals surface area contributed by atoms with Crippen LogP contribution >= 0.6 is 0 Å². The van der Waals surface area contributed by atoms with E-state index in [-0.39, 0.29) is 0 Å². The Morgan fingerprint density at radius 2 is 2.12 bits per heavy atom. The SMILES string of the molecule is Cc1noc(CNCc2ccc(N)c(C)c2)n1. The molecule has 0 radical (unpaired) electrons. The summed E-state index contributed by atoms with van der Waals surface area (Å²) >= 11 is 0. The number of anilines is 1. The Bertz CT molecular complexity index is 507. The highest BCUT2D eigenvalue weighted by molar-refractivity contribution is 5.47. The Balaban J connectivity index is 1.87. The Hall–Kier alpha value is -1.88. The predicted molar refractivity (Wildman–Crippen MR) is 65.2 cm³/mol. The zero-order valence-electron chi connectivity index (χ0n) is 10.0. The van der Waals surface area contributed by atoms with Crippen molar-refractivity contribution in [3.05, 3.63) is 41.0 Å². The molecule has 5 nitrogen and oxygen atoms in total. The highest BCUT2D eigenvalue weighted by Crippen LogP contribution is 2.12. The maximum atomic E-state index is 5.76. The van der Waals surface area contributed by atoms with Gasteiger partial charge in [0.2, 0.25) is 5.89 Å². The quantitative estimate of drug-likeness (QED) is 0.782. The molecule has 2 rings (SSSR count). The lowest BCUT2D eigenvalue weighted by atomic mass is 10.1. The minimum Gasteiger partial charge on any atom is -0.399 e. The topological polar surface area (TPSA) is 77.0 Å². The number of aromatic nitrogens is 2. The molecule has 0 amide bonds. The van der Waals surface area contributed by atoms with Crippen LogP contribution in [0, 0.1) is 13.8 Å². The summed E-state index contributed by atoms with van der Waals surface area (Å²) in [5.74, 6) is 1.26. The van der Waals surface area contributed by atoms with Gasteiger partial charge in [0.1, 0.15) is 0 Å². The van der Waals surface area contributed by atoms with Crippen molar-refractivity contribution in [1.29, 1.82) is 0 Å². The first kappa shape index (κ1) is 11.6. The van der Waals surface area contributed by atoms with Gasteiger partial charge in [-0.05, 0) is 31.0 Å². The van der Waals surface area contributed by atoms with Gasteiger partial charge in [-0.2, -0.15) is 4.98 Å². The van der Waals surface area contributed by atoms with E-state index in [1.54, 1.807) is 6.92 Å². The average molecular weight is 232 g/mol. The number of benzene rings is 1. The molecule has 2 aromatic rings.